The quantitative estimate of drug-likeness (QED) is 0.809. The predicted octanol–water partition coefficient (Wildman–Crippen LogP) is 1.77. The standard InChI is InChI=1S/C19H23N3O3S/c1-14-6-8-17(9-7-14)22(2)26(24,25)18-5-3-4-16(10-18)19(23)21-13-15-11-20-12-15/h3-10,15,20H,11-13H2,1-2H3,(H,21,23). The zero-order chi connectivity index (χ0) is 18.7. The van der Waals surface area contributed by atoms with Crippen LogP contribution in [-0.2, 0) is 10.0 Å². The lowest BCUT2D eigenvalue weighted by Crippen LogP contribution is -2.48. The highest BCUT2D eigenvalue weighted by molar-refractivity contribution is 7.92. The first-order valence-corrected chi connectivity index (χ1v) is 9.96. The highest BCUT2D eigenvalue weighted by Crippen LogP contribution is 2.23. The molecule has 1 amide bonds. The summed E-state index contributed by atoms with van der Waals surface area (Å²) in [4.78, 5) is 12.4. The largest absolute Gasteiger partial charge is 0.352 e. The van der Waals surface area contributed by atoms with Gasteiger partial charge in [-0.25, -0.2) is 8.42 Å². The molecule has 0 aromatic heterocycles. The number of sulfonamides is 1. The molecule has 0 saturated carbocycles. The van der Waals surface area contributed by atoms with Crippen LogP contribution in [0, 0.1) is 12.8 Å². The highest BCUT2D eigenvalue weighted by atomic mass is 32.2. The van der Waals surface area contributed by atoms with Crippen LogP contribution in [0.2, 0.25) is 0 Å². The van der Waals surface area contributed by atoms with Crippen LogP contribution in [-0.4, -0.2) is 41.0 Å². The first-order chi connectivity index (χ1) is 12.4. The van der Waals surface area contributed by atoms with Crippen LogP contribution in [0.25, 0.3) is 0 Å². The molecule has 0 aliphatic carbocycles. The number of hydrogen-bond donors (Lipinski definition) is 2. The van der Waals surface area contributed by atoms with Crippen LogP contribution in [0.4, 0.5) is 5.69 Å². The number of amides is 1. The van der Waals surface area contributed by atoms with Crippen LogP contribution in [0.15, 0.2) is 53.4 Å². The van der Waals surface area contributed by atoms with Gasteiger partial charge in [0.25, 0.3) is 15.9 Å². The fourth-order valence-electron chi connectivity index (χ4n) is 2.68. The van der Waals surface area contributed by atoms with E-state index in [1.54, 1.807) is 24.3 Å². The number of benzene rings is 2. The van der Waals surface area contributed by atoms with Crippen LogP contribution < -0.4 is 14.9 Å². The Morgan fingerprint density at radius 3 is 2.50 bits per heavy atom. The molecule has 3 rings (SSSR count). The van der Waals surface area contributed by atoms with Gasteiger partial charge in [-0.1, -0.05) is 23.8 Å². The van der Waals surface area contributed by atoms with Gasteiger partial charge in [-0.15, -0.1) is 0 Å². The fourth-order valence-corrected chi connectivity index (χ4v) is 3.92. The maximum absolute atomic E-state index is 12.9. The number of carbonyl (C=O) groups excluding carboxylic acids is 1. The molecule has 26 heavy (non-hydrogen) atoms. The number of hydrogen-bond acceptors (Lipinski definition) is 4. The van der Waals surface area contributed by atoms with E-state index in [4.69, 9.17) is 0 Å². The van der Waals surface area contributed by atoms with Gasteiger partial charge in [-0.2, -0.15) is 0 Å². The van der Waals surface area contributed by atoms with Crippen molar-refractivity contribution in [2.24, 2.45) is 5.92 Å². The molecule has 0 bridgehead atoms. The van der Waals surface area contributed by atoms with E-state index in [2.05, 4.69) is 10.6 Å². The van der Waals surface area contributed by atoms with Crippen LogP contribution in [0.3, 0.4) is 0 Å². The molecule has 0 spiro atoms. The minimum atomic E-state index is -3.74. The second-order valence-corrected chi connectivity index (χ2v) is 8.54. The minimum absolute atomic E-state index is 0.0959. The molecule has 1 aliphatic rings. The summed E-state index contributed by atoms with van der Waals surface area (Å²) in [7, 11) is -2.23. The molecule has 7 heteroatoms. The predicted molar refractivity (Wildman–Crippen MR) is 102 cm³/mol. The van der Waals surface area contributed by atoms with Crippen molar-refractivity contribution in [1.29, 1.82) is 0 Å². The molecule has 2 aromatic rings. The van der Waals surface area contributed by atoms with E-state index in [9.17, 15) is 13.2 Å². The maximum atomic E-state index is 12.9. The van der Waals surface area contributed by atoms with Gasteiger partial charge in [0.2, 0.25) is 0 Å². The van der Waals surface area contributed by atoms with E-state index in [1.165, 1.54) is 23.5 Å². The Bertz CT molecular complexity index is 891. The van der Waals surface area contributed by atoms with E-state index >= 15 is 0 Å². The Kier molecular flexibility index (Phi) is 5.29. The van der Waals surface area contributed by atoms with Crippen molar-refractivity contribution < 1.29 is 13.2 Å². The van der Waals surface area contributed by atoms with E-state index in [-0.39, 0.29) is 10.8 Å². The summed E-state index contributed by atoms with van der Waals surface area (Å²) in [6.07, 6.45) is 0. The summed E-state index contributed by atoms with van der Waals surface area (Å²) in [5, 5.41) is 6.01. The second kappa shape index (κ2) is 7.47. The molecule has 138 valence electrons. The first-order valence-electron chi connectivity index (χ1n) is 8.52. The fraction of sp³-hybridized carbons (Fsp3) is 0.316. The third-order valence-electron chi connectivity index (χ3n) is 4.57. The Morgan fingerprint density at radius 2 is 1.88 bits per heavy atom. The third-order valence-corrected chi connectivity index (χ3v) is 6.35. The number of nitrogens with zero attached hydrogens (tertiary/aromatic N) is 1. The lowest BCUT2D eigenvalue weighted by Gasteiger charge is -2.27. The number of nitrogens with one attached hydrogen (secondary N) is 2. The normalized spacial score (nSPS) is 14.5. The van der Waals surface area contributed by atoms with Crippen molar-refractivity contribution >= 4 is 21.6 Å². The van der Waals surface area contributed by atoms with E-state index in [0.717, 1.165) is 18.7 Å². The monoisotopic (exact) mass is 373 g/mol. The van der Waals surface area contributed by atoms with Crippen molar-refractivity contribution in [3.8, 4) is 0 Å². The summed E-state index contributed by atoms with van der Waals surface area (Å²) >= 11 is 0. The summed E-state index contributed by atoms with van der Waals surface area (Å²) in [6, 6.07) is 13.4. The van der Waals surface area contributed by atoms with Gasteiger partial charge >= 0.3 is 0 Å². The van der Waals surface area contributed by atoms with Gasteiger partial charge in [-0.3, -0.25) is 9.10 Å². The zero-order valence-electron chi connectivity index (χ0n) is 14.9. The van der Waals surface area contributed by atoms with Gasteiger partial charge in [-0.05, 0) is 37.3 Å². The van der Waals surface area contributed by atoms with E-state index in [1.807, 2.05) is 19.1 Å². The van der Waals surface area contributed by atoms with Crippen LogP contribution in [0.5, 0.6) is 0 Å². The molecule has 2 aromatic carbocycles. The average Bonchev–Trinajstić information content (AvgIpc) is 2.60. The molecule has 2 N–H and O–H groups in total. The molecule has 1 fully saturated rings. The van der Waals surface area contributed by atoms with Gasteiger partial charge < -0.3 is 10.6 Å². The maximum Gasteiger partial charge on any atom is 0.264 e. The lowest BCUT2D eigenvalue weighted by molar-refractivity contribution is 0.0942. The molecule has 1 heterocycles. The average molecular weight is 373 g/mol. The van der Waals surface area contributed by atoms with Crippen LogP contribution >= 0.6 is 0 Å². The highest BCUT2D eigenvalue weighted by Gasteiger charge is 2.23. The minimum Gasteiger partial charge on any atom is -0.352 e. The molecule has 6 nitrogen and oxygen atoms in total. The molecule has 0 radical (unpaired) electrons. The Balaban J connectivity index is 1.78. The zero-order valence-corrected chi connectivity index (χ0v) is 15.7. The number of aryl methyl sites for hydroxylation is 1. The summed E-state index contributed by atoms with van der Waals surface area (Å²) < 4.78 is 27.0. The Hall–Kier alpha value is -2.38. The molecule has 0 atom stereocenters. The molecular formula is C19H23N3O3S. The van der Waals surface area contributed by atoms with Gasteiger partial charge in [0, 0.05) is 38.2 Å². The van der Waals surface area contributed by atoms with Crippen molar-refractivity contribution in [3.63, 3.8) is 0 Å². The summed E-state index contributed by atoms with van der Waals surface area (Å²) in [5.74, 6) is 0.186. The van der Waals surface area contributed by atoms with Crippen molar-refractivity contribution in [3.05, 3.63) is 59.7 Å². The SMILES string of the molecule is Cc1ccc(N(C)S(=O)(=O)c2cccc(C(=O)NCC3CNC3)c2)cc1. The topological polar surface area (TPSA) is 78.5 Å². The second-order valence-electron chi connectivity index (χ2n) is 6.57. The smallest absolute Gasteiger partial charge is 0.264 e. The number of rotatable bonds is 6. The summed E-state index contributed by atoms with van der Waals surface area (Å²) in [6.45, 7) is 4.33. The van der Waals surface area contributed by atoms with Crippen molar-refractivity contribution in [2.45, 2.75) is 11.8 Å². The van der Waals surface area contributed by atoms with E-state index < -0.39 is 10.0 Å². The Morgan fingerprint density at radius 1 is 1.19 bits per heavy atom. The van der Waals surface area contributed by atoms with Gasteiger partial charge in [0.1, 0.15) is 0 Å². The lowest BCUT2D eigenvalue weighted by atomic mass is 10.0. The molecule has 1 saturated heterocycles. The Labute approximate surface area is 154 Å². The van der Waals surface area contributed by atoms with Crippen molar-refractivity contribution in [1.82, 2.24) is 10.6 Å². The number of carbonyl (C=O) groups is 1. The third kappa shape index (κ3) is 3.89. The summed E-state index contributed by atoms with van der Waals surface area (Å²) in [5.41, 5.74) is 1.97. The van der Waals surface area contributed by atoms with Gasteiger partial charge in [0.15, 0.2) is 0 Å². The van der Waals surface area contributed by atoms with Crippen LogP contribution in [0.1, 0.15) is 15.9 Å². The van der Waals surface area contributed by atoms with Gasteiger partial charge in [0.05, 0.1) is 10.6 Å². The van der Waals surface area contributed by atoms with Crippen molar-refractivity contribution in [2.75, 3.05) is 31.0 Å². The molecule has 1 aliphatic heterocycles. The molecular weight excluding hydrogens is 350 g/mol. The molecule has 0 unspecified atom stereocenters. The number of anilines is 1. The first kappa shape index (κ1) is 18.4. The van der Waals surface area contributed by atoms with E-state index in [0.29, 0.717) is 23.7 Å².